The second-order valence-electron chi connectivity index (χ2n) is 3.07. The van der Waals surface area contributed by atoms with Crippen molar-refractivity contribution in [3.05, 3.63) is 0 Å². The van der Waals surface area contributed by atoms with E-state index in [-0.39, 0.29) is 17.6 Å². The third-order valence-electron chi connectivity index (χ3n) is 2.16. The highest BCUT2D eigenvalue weighted by Gasteiger charge is 2.41. The first-order chi connectivity index (χ1) is 6.29. The van der Waals surface area contributed by atoms with Crippen molar-refractivity contribution in [1.29, 1.82) is 0 Å². The maximum absolute atomic E-state index is 5.98. The summed E-state index contributed by atoms with van der Waals surface area (Å²) in [5, 5.41) is 0.105. The number of hydrogen-bond donors (Lipinski definition) is 0. The molecule has 0 aromatic heterocycles. The molecule has 4 heteroatoms. The van der Waals surface area contributed by atoms with E-state index in [1.165, 1.54) is 0 Å². The molecule has 0 aliphatic heterocycles. The first kappa shape index (κ1) is 11.2. The number of methoxy groups -OCH3 is 1. The van der Waals surface area contributed by atoms with Gasteiger partial charge in [-0.05, 0) is 13.3 Å². The van der Waals surface area contributed by atoms with Crippen LogP contribution in [0.5, 0.6) is 0 Å². The van der Waals surface area contributed by atoms with Gasteiger partial charge in [-0.15, -0.1) is 11.6 Å². The highest BCUT2D eigenvalue weighted by molar-refractivity contribution is 6.21. The minimum Gasteiger partial charge on any atom is -0.382 e. The van der Waals surface area contributed by atoms with E-state index < -0.39 is 0 Å². The third kappa shape index (κ3) is 3.09. The fraction of sp³-hybridized carbons (Fsp3) is 1.00. The van der Waals surface area contributed by atoms with Crippen molar-refractivity contribution in [1.82, 2.24) is 0 Å². The molecule has 0 aromatic rings. The van der Waals surface area contributed by atoms with Gasteiger partial charge in [0.05, 0.1) is 24.7 Å². The lowest BCUT2D eigenvalue weighted by Crippen LogP contribution is -2.51. The van der Waals surface area contributed by atoms with Gasteiger partial charge < -0.3 is 14.2 Å². The highest BCUT2D eigenvalue weighted by atomic mass is 35.5. The van der Waals surface area contributed by atoms with Crippen molar-refractivity contribution in [3.63, 3.8) is 0 Å². The summed E-state index contributed by atoms with van der Waals surface area (Å²) in [6, 6.07) is 0. The first-order valence-electron chi connectivity index (χ1n) is 4.65. The molecule has 0 aromatic carbocycles. The van der Waals surface area contributed by atoms with E-state index in [0.717, 1.165) is 13.0 Å². The summed E-state index contributed by atoms with van der Waals surface area (Å²) in [7, 11) is 1.66. The largest absolute Gasteiger partial charge is 0.382 e. The molecule has 1 fully saturated rings. The summed E-state index contributed by atoms with van der Waals surface area (Å²) in [5.41, 5.74) is 0. The van der Waals surface area contributed by atoms with Gasteiger partial charge in [0.2, 0.25) is 0 Å². The molecular formula is C9H17ClO3. The normalized spacial score (nSPS) is 33.0. The highest BCUT2D eigenvalue weighted by Crippen LogP contribution is 2.31. The lowest BCUT2D eigenvalue weighted by atomic mass is 9.91. The SMILES string of the molecule is CCOC1CC(Cl)C1OCCOC. The van der Waals surface area contributed by atoms with Gasteiger partial charge in [0.1, 0.15) is 6.10 Å². The van der Waals surface area contributed by atoms with Crippen molar-refractivity contribution >= 4 is 11.6 Å². The molecule has 0 spiro atoms. The molecule has 0 amide bonds. The smallest absolute Gasteiger partial charge is 0.100 e. The van der Waals surface area contributed by atoms with Gasteiger partial charge in [-0.1, -0.05) is 0 Å². The van der Waals surface area contributed by atoms with Gasteiger partial charge in [-0.25, -0.2) is 0 Å². The Hall–Kier alpha value is 0.170. The molecule has 0 radical (unpaired) electrons. The molecule has 1 aliphatic carbocycles. The summed E-state index contributed by atoms with van der Waals surface area (Å²) < 4.78 is 15.8. The molecule has 13 heavy (non-hydrogen) atoms. The van der Waals surface area contributed by atoms with E-state index in [9.17, 15) is 0 Å². The van der Waals surface area contributed by atoms with Crippen molar-refractivity contribution in [3.8, 4) is 0 Å². The molecule has 0 saturated heterocycles. The van der Waals surface area contributed by atoms with E-state index in [0.29, 0.717) is 13.2 Å². The van der Waals surface area contributed by atoms with Crippen LogP contribution >= 0.6 is 11.6 Å². The molecule has 0 N–H and O–H groups in total. The number of ether oxygens (including phenoxy) is 3. The number of halogens is 1. The van der Waals surface area contributed by atoms with Crippen molar-refractivity contribution < 1.29 is 14.2 Å². The predicted molar refractivity (Wildman–Crippen MR) is 51.3 cm³/mol. The van der Waals surface area contributed by atoms with E-state index >= 15 is 0 Å². The standard InChI is InChI=1S/C9H17ClO3/c1-3-12-8-6-7(10)9(8)13-5-4-11-2/h7-9H,3-6H2,1-2H3. The Morgan fingerprint density at radius 2 is 2.08 bits per heavy atom. The number of hydrogen-bond acceptors (Lipinski definition) is 3. The lowest BCUT2D eigenvalue weighted by Gasteiger charge is -2.40. The van der Waals surface area contributed by atoms with Crippen LogP contribution in [0.4, 0.5) is 0 Å². The Kier molecular flexibility index (Phi) is 5.02. The zero-order chi connectivity index (χ0) is 9.68. The molecule has 1 rings (SSSR count). The quantitative estimate of drug-likeness (QED) is 0.488. The van der Waals surface area contributed by atoms with Crippen LogP contribution in [0.3, 0.4) is 0 Å². The second-order valence-corrected chi connectivity index (χ2v) is 3.63. The summed E-state index contributed by atoms with van der Waals surface area (Å²) in [4.78, 5) is 0. The monoisotopic (exact) mass is 208 g/mol. The summed E-state index contributed by atoms with van der Waals surface area (Å²) in [6.07, 6.45) is 1.13. The van der Waals surface area contributed by atoms with Crippen LogP contribution in [-0.4, -0.2) is 44.5 Å². The Morgan fingerprint density at radius 1 is 1.31 bits per heavy atom. The van der Waals surface area contributed by atoms with E-state index in [2.05, 4.69) is 0 Å². The molecule has 3 unspecified atom stereocenters. The average molecular weight is 209 g/mol. The Bertz CT molecular complexity index is 141. The average Bonchev–Trinajstić information content (AvgIpc) is 2.12. The Balaban J connectivity index is 2.14. The van der Waals surface area contributed by atoms with Gasteiger partial charge in [0.15, 0.2) is 0 Å². The van der Waals surface area contributed by atoms with Crippen molar-refractivity contribution in [2.75, 3.05) is 26.9 Å². The summed E-state index contributed by atoms with van der Waals surface area (Å²) in [5.74, 6) is 0. The Labute approximate surface area is 84.3 Å². The molecule has 78 valence electrons. The van der Waals surface area contributed by atoms with Crippen LogP contribution in [0.15, 0.2) is 0 Å². The lowest BCUT2D eigenvalue weighted by molar-refractivity contribution is -0.127. The predicted octanol–water partition coefficient (Wildman–Crippen LogP) is 1.43. The fourth-order valence-corrected chi connectivity index (χ4v) is 1.79. The summed E-state index contributed by atoms with van der Waals surface area (Å²) in [6.45, 7) is 3.90. The molecule has 0 heterocycles. The van der Waals surface area contributed by atoms with Gasteiger partial charge in [0, 0.05) is 13.7 Å². The maximum Gasteiger partial charge on any atom is 0.100 e. The van der Waals surface area contributed by atoms with Crippen LogP contribution in [-0.2, 0) is 14.2 Å². The zero-order valence-corrected chi connectivity index (χ0v) is 8.92. The van der Waals surface area contributed by atoms with Gasteiger partial charge in [0.25, 0.3) is 0 Å². The molecule has 3 atom stereocenters. The van der Waals surface area contributed by atoms with Crippen LogP contribution in [0, 0.1) is 0 Å². The van der Waals surface area contributed by atoms with Crippen molar-refractivity contribution in [2.24, 2.45) is 0 Å². The topological polar surface area (TPSA) is 27.7 Å². The van der Waals surface area contributed by atoms with Crippen LogP contribution < -0.4 is 0 Å². The minimum atomic E-state index is 0.0526. The van der Waals surface area contributed by atoms with E-state index in [4.69, 9.17) is 25.8 Å². The van der Waals surface area contributed by atoms with Gasteiger partial charge in [-0.2, -0.15) is 0 Å². The first-order valence-corrected chi connectivity index (χ1v) is 5.09. The van der Waals surface area contributed by atoms with Crippen LogP contribution in [0.1, 0.15) is 13.3 Å². The van der Waals surface area contributed by atoms with Crippen LogP contribution in [0.25, 0.3) is 0 Å². The van der Waals surface area contributed by atoms with Crippen molar-refractivity contribution in [2.45, 2.75) is 30.9 Å². The maximum atomic E-state index is 5.98. The zero-order valence-electron chi connectivity index (χ0n) is 8.16. The second kappa shape index (κ2) is 5.81. The van der Waals surface area contributed by atoms with Crippen LogP contribution in [0.2, 0.25) is 0 Å². The molecule has 0 bridgehead atoms. The third-order valence-corrected chi connectivity index (χ3v) is 2.59. The molecule has 3 nitrogen and oxygen atoms in total. The fourth-order valence-electron chi connectivity index (χ4n) is 1.38. The number of alkyl halides is 1. The molecule has 1 aliphatic rings. The Morgan fingerprint density at radius 3 is 2.62 bits per heavy atom. The molecule has 1 saturated carbocycles. The minimum absolute atomic E-state index is 0.0526. The van der Waals surface area contributed by atoms with E-state index in [1.807, 2.05) is 6.92 Å². The summed E-state index contributed by atoms with van der Waals surface area (Å²) >= 11 is 5.98. The van der Waals surface area contributed by atoms with Gasteiger partial charge >= 0.3 is 0 Å². The number of rotatable bonds is 6. The molecular weight excluding hydrogens is 192 g/mol. The van der Waals surface area contributed by atoms with E-state index in [1.54, 1.807) is 7.11 Å². The van der Waals surface area contributed by atoms with Gasteiger partial charge in [-0.3, -0.25) is 0 Å².